The fraction of sp³-hybridized carbons (Fsp3) is 1.00. The molecule has 8 heavy (non-hydrogen) atoms. The molecule has 0 unspecified atom stereocenters. The van der Waals surface area contributed by atoms with Crippen molar-refractivity contribution in [1.82, 2.24) is 0 Å². The van der Waals surface area contributed by atoms with Crippen molar-refractivity contribution in [2.24, 2.45) is 0 Å². The summed E-state index contributed by atoms with van der Waals surface area (Å²) in [4.78, 5) is 0. The van der Waals surface area contributed by atoms with Crippen LogP contribution >= 0.6 is 0 Å². The first-order chi connectivity index (χ1) is 3.41. The third-order valence-electron chi connectivity index (χ3n) is 1.21. The second kappa shape index (κ2) is 10.1. The van der Waals surface area contributed by atoms with Crippen molar-refractivity contribution in [2.45, 2.75) is 46.0 Å². The lowest BCUT2D eigenvalue weighted by molar-refractivity contribution is 0.656. The van der Waals surface area contributed by atoms with Crippen LogP contribution in [0.5, 0.6) is 0 Å². The molecule has 1 heteroatoms. The minimum atomic E-state index is 0. The van der Waals surface area contributed by atoms with E-state index < -0.39 is 0 Å². The van der Waals surface area contributed by atoms with Gasteiger partial charge in [-0.3, -0.25) is 0 Å². The van der Waals surface area contributed by atoms with Crippen LogP contribution in [0.3, 0.4) is 0 Å². The van der Waals surface area contributed by atoms with E-state index in [9.17, 15) is 0 Å². The Morgan fingerprint density at radius 3 is 1.38 bits per heavy atom. The fourth-order valence-corrected chi connectivity index (χ4v) is 0.677. The predicted octanol–water partition coefficient (Wildman–Crippen LogP) is 1.79. The molecule has 0 atom stereocenters. The largest absolute Gasteiger partial charge is 0.0814 e. The van der Waals surface area contributed by atoms with Crippen molar-refractivity contribution < 1.29 is 0 Å². The molecule has 0 aromatic heterocycles. The zero-order chi connectivity index (χ0) is 5.54. The van der Waals surface area contributed by atoms with Gasteiger partial charge in [0.2, 0.25) is 0 Å². The molecule has 0 aliphatic rings. The predicted molar refractivity (Wildman–Crippen MR) is 44.4 cm³/mol. The fourth-order valence-electron chi connectivity index (χ4n) is 0.677. The molecular weight excluding hydrogens is 94.9 g/mol. The minimum absolute atomic E-state index is 0. The summed E-state index contributed by atoms with van der Waals surface area (Å²) in [5.41, 5.74) is 0. The molecule has 0 aliphatic heterocycles. The molecular formula is C7H19B. The van der Waals surface area contributed by atoms with E-state index in [0.717, 1.165) is 0 Å². The maximum absolute atomic E-state index is 2.25. The van der Waals surface area contributed by atoms with E-state index in [-0.39, 0.29) is 8.41 Å². The summed E-state index contributed by atoms with van der Waals surface area (Å²) in [6.45, 7) is 4.49. The second-order valence-corrected chi connectivity index (χ2v) is 2.06. The maximum Gasteiger partial charge on any atom is 0.0814 e. The van der Waals surface area contributed by atoms with Crippen molar-refractivity contribution in [3.8, 4) is 0 Å². The SMILES string of the molecule is B.CCCCCCC. The van der Waals surface area contributed by atoms with Gasteiger partial charge >= 0.3 is 0 Å². The van der Waals surface area contributed by atoms with E-state index >= 15 is 0 Å². The van der Waals surface area contributed by atoms with E-state index in [1.54, 1.807) is 0 Å². The van der Waals surface area contributed by atoms with Crippen LogP contribution < -0.4 is 0 Å². The first-order valence-electron chi connectivity index (χ1n) is 3.41. The Hall–Kier alpha value is 0.0649. The molecule has 0 nitrogen and oxygen atoms in total. The molecule has 0 N–H and O–H groups in total. The summed E-state index contributed by atoms with van der Waals surface area (Å²) in [5, 5.41) is 0. The first kappa shape index (κ1) is 10.9. The highest BCUT2D eigenvalue weighted by molar-refractivity contribution is 5.75. The standard InChI is InChI=1S/C7H16.BH3/c1-3-5-7-6-4-2;/h3-7H2,1-2H3;1H3. The normalized spacial score (nSPS) is 8.25. The molecule has 0 aromatic carbocycles. The Morgan fingerprint density at radius 1 is 0.750 bits per heavy atom. The number of hydrogen-bond acceptors (Lipinski definition) is 0. The van der Waals surface area contributed by atoms with E-state index in [2.05, 4.69) is 13.8 Å². The molecule has 0 amide bonds. The molecule has 0 rings (SSSR count). The molecule has 50 valence electrons. The van der Waals surface area contributed by atoms with Crippen molar-refractivity contribution in [2.75, 3.05) is 0 Å². The quantitative estimate of drug-likeness (QED) is 0.386. The lowest BCUT2D eigenvalue weighted by atomic mass is 10.2. The molecule has 0 aliphatic carbocycles. The highest BCUT2D eigenvalue weighted by Crippen LogP contribution is 2.00. The molecule has 0 spiro atoms. The van der Waals surface area contributed by atoms with Gasteiger partial charge in [-0.1, -0.05) is 46.0 Å². The van der Waals surface area contributed by atoms with Gasteiger partial charge in [-0.05, 0) is 0 Å². The van der Waals surface area contributed by atoms with Gasteiger partial charge in [-0.15, -0.1) is 0 Å². The Bertz CT molecular complexity index is 23.6. The summed E-state index contributed by atoms with van der Waals surface area (Å²) in [6, 6.07) is 0. The minimum Gasteiger partial charge on any atom is -0.0654 e. The number of rotatable bonds is 4. The maximum atomic E-state index is 2.25. The Balaban J connectivity index is 0. The number of unbranched alkanes of at least 4 members (excludes halogenated alkanes) is 4. The van der Waals surface area contributed by atoms with Gasteiger partial charge in [-0.2, -0.15) is 0 Å². The molecule has 0 saturated heterocycles. The van der Waals surface area contributed by atoms with Crippen LogP contribution in [0.1, 0.15) is 46.0 Å². The van der Waals surface area contributed by atoms with E-state index in [0.29, 0.717) is 0 Å². The van der Waals surface area contributed by atoms with E-state index in [1.165, 1.54) is 32.1 Å². The monoisotopic (exact) mass is 114 g/mol. The zero-order valence-corrected chi connectivity index (χ0v) is 5.54. The van der Waals surface area contributed by atoms with Gasteiger partial charge in [0, 0.05) is 0 Å². The van der Waals surface area contributed by atoms with Gasteiger partial charge in [0.15, 0.2) is 0 Å². The highest BCUT2D eigenvalue weighted by atomic mass is 13.9. The molecule has 0 fully saturated rings. The van der Waals surface area contributed by atoms with Crippen LogP contribution in [0.2, 0.25) is 0 Å². The lowest BCUT2D eigenvalue weighted by Gasteiger charge is -1.90. The average molecular weight is 114 g/mol. The highest BCUT2D eigenvalue weighted by Gasteiger charge is 1.80. The zero-order valence-electron chi connectivity index (χ0n) is 5.54. The third-order valence-corrected chi connectivity index (χ3v) is 1.21. The molecule has 0 radical (unpaired) electrons. The smallest absolute Gasteiger partial charge is 0.0654 e. The third kappa shape index (κ3) is 9.42. The van der Waals surface area contributed by atoms with Gasteiger partial charge in [-0.25, -0.2) is 0 Å². The Labute approximate surface area is 55.3 Å². The van der Waals surface area contributed by atoms with Crippen LogP contribution in [0.4, 0.5) is 0 Å². The van der Waals surface area contributed by atoms with Crippen LogP contribution in [0.15, 0.2) is 0 Å². The average Bonchev–Trinajstić information content (AvgIpc) is 1.69. The van der Waals surface area contributed by atoms with Crippen LogP contribution in [-0.4, -0.2) is 8.41 Å². The Morgan fingerprint density at radius 2 is 1.12 bits per heavy atom. The van der Waals surface area contributed by atoms with Crippen molar-refractivity contribution in [1.29, 1.82) is 0 Å². The van der Waals surface area contributed by atoms with Gasteiger partial charge in [0.1, 0.15) is 0 Å². The van der Waals surface area contributed by atoms with Crippen molar-refractivity contribution in [3.63, 3.8) is 0 Å². The summed E-state index contributed by atoms with van der Waals surface area (Å²) in [5.74, 6) is 0. The van der Waals surface area contributed by atoms with E-state index in [1.807, 2.05) is 0 Å². The van der Waals surface area contributed by atoms with Crippen molar-refractivity contribution >= 4 is 8.41 Å². The molecule has 0 bridgehead atoms. The van der Waals surface area contributed by atoms with E-state index in [4.69, 9.17) is 0 Å². The van der Waals surface area contributed by atoms with Gasteiger partial charge in [0.05, 0.1) is 8.41 Å². The molecule has 0 heterocycles. The first-order valence-corrected chi connectivity index (χ1v) is 3.41. The summed E-state index contributed by atoms with van der Waals surface area (Å²) in [6.07, 6.45) is 7.01. The van der Waals surface area contributed by atoms with Crippen LogP contribution in [-0.2, 0) is 0 Å². The molecule has 0 saturated carbocycles. The summed E-state index contributed by atoms with van der Waals surface area (Å²) < 4.78 is 0. The van der Waals surface area contributed by atoms with Gasteiger partial charge < -0.3 is 0 Å². The number of hydrogen-bond donors (Lipinski definition) is 0. The van der Waals surface area contributed by atoms with Crippen LogP contribution in [0.25, 0.3) is 0 Å². The Kier molecular flexibility index (Phi) is 13.9. The lowest BCUT2D eigenvalue weighted by Crippen LogP contribution is -1.70. The topological polar surface area (TPSA) is 0 Å². The summed E-state index contributed by atoms with van der Waals surface area (Å²) in [7, 11) is 0. The molecule has 0 aromatic rings. The van der Waals surface area contributed by atoms with Crippen molar-refractivity contribution in [3.05, 3.63) is 0 Å². The van der Waals surface area contributed by atoms with Gasteiger partial charge in [0.25, 0.3) is 0 Å². The summed E-state index contributed by atoms with van der Waals surface area (Å²) >= 11 is 0. The second-order valence-electron chi connectivity index (χ2n) is 2.06. The van der Waals surface area contributed by atoms with Crippen LogP contribution in [0, 0.1) is 0 Å².